The Kier molecular flexibility index (Phi) is 11.8. The highest BCUT2D eigenvalue weighted by molar-refractivity contribution is 14.0. The van der Waals surface area contributed by atoms with Crippen molar-refractivity contribution in [3.63, 3.8) is 0 Å². The van der Waals surface area contributed by atoms with Crippen LogP contribution in [0.5, 0.6) is 0 Å². The predicted molar refractivity (Wildman–Crippen MR) is 106 cm³/mol. The van der Waals surface area contributed by atoms with E-state index in [2.05, 4.69) is 20.6 Å². The molecule has 1 aromatic heterocycles. The summed E-state index contributed by atoms with van der Waals surface area (Å²) >= 11 is 0.966. The molecule has 11 heteroatoms. The van der Waals surface area contributed by atoms with E-state index in [0.717, 1.165) is 16.7 Å². The van der Waals surface area contributed by atoms with Gasteiger partial charge in [-0.1, -0.05) is 0 Å². The molecular formula is C15H24F3IN4O2S. The van der Waals surface area contributed by atoms with E-state index < -0.39 is 11.9 Å². The molecule has 0 aliphatic carbocycles. The second-order valence-corrected chi connectivity index (χ2v) is 6.29. The van der Waals surface area contributed by atoms with E-state index in [0.29, 0.717) is 30.5 Å². The first-order chi connectivity index (χ1) is 11.7. The second-order valence-electron chi connectivity index (χ2n) is 5.35. The highest BCUT2D eigenvalue weighted by atomic mass is 127. The van der Waals surface area contributed by atoms with E-state index in [9.17, 15) is 18.0 Å². The number of esters is 1. The maximum Gasteiger partial charge on any atom is 0.434 e. The zero-order valence-corrected chi connectivity index (χ0v) is 18.0. The topological polar surface area (TPSA) is 75.6 Å². The Hall–Kier alpha value is -1.11. The van der Waals surface area contributed by atoms with Crippen molar-refractivity contribution in [2.75, 3.05) is 19.6 Å². The molecule has 1 heterocycles. The fourth-order valence-corrected chi connectivity index (χ4v) is 2.56. The van der Waals surface area contributed by atoms with Gasteiger partial charge in [0, 0.05) is 31.4 Å². The van der Waals surface area contributed by atoms with E-state index in [1.54, 1.807) is 13.8 Å². The summed E-state index contributed by atoms with van der Waals surface area (Å²) in [5, 5.41) is 7.37. The molecule has 6 nitrogen and oxygen atoms in total. The number of guanidine groups is 1. The summed E-state index contributed by atoms with van der Waals surface area (Å²) in [7, 11) is 0. The van der Waals surface area contributed by atoms with E-state index in [1.165, 1.54) is 0 Å². The minimum absolute atomic E-state index is 0. The zero-order chi connectivity index (χ0) is 18.9. The lowest BCUT2D eigenvalue weighted by Gasteiger charge is -2.12. The molecule has 0 saturated heterocycles. The highest BCUT2D eigenvalue weighted by Gasteiger charge is 2.33. The molecule has 26 heavy (non-hydrogen) atoms. The van der Waals surface area contributed by atoms with Gasteiger partial charge in [0.1, 0.15) is 0 Å². The second kappa shape index (κ2) is 12.3. The fraction of sp³-hybridized carbons (Fsp3) is 0.667. The Bertz CT molecular complexity index is 579. The summed E-state index contributed by atoms with van der Waals surface area (Å²) in [6.45, 7) is 6.71. The van der Waals surface area contributed by atoms with Crippen LogP contribution in [0.3, 0.4) is 0 Å². The molecule has 0 amide bonds. The molecule has 0 unspecified atom stereocenters. The lowest BCUT2D eigenvalue weighted by Crippen LogP contribution is -2.38. The molecule has 1 rings (SSSR count). The number of hydrogen-bond acceptors (Lipinski definition) is 5. The number of aromatic nitrogens is 1. The number of carbonyl (C=O) groups excluding carboxylic acids is 1. The Morgan fingerprint density at radius 2 is 2.08 bits per heavy atom. The van der Waals surface area contributed by atoms with Gasteiger partial charge in [-0.3, -0.25) is 9.79 Å². The van der Waals surface area contributed by atoms with Crippen LogP contribution in [0.25, 0.3) is 0 Å². The molecule has 0 aliphatic heterocycles. The van der Waals surface area contributed by atoms with Gasteiger partial charge in [-0.2, -0.15) is 13.2 Å². The first-order valence-electron chi connectivity index (χ1n) is 7.95. The number of alkyl halides is 3. The standard InChI is InChI=1S/C15H23F3N4O2S.HI/c1-4-19-14(21-8-6-13(23)24-10(2)3)20-7-5-12-22-11(9-25-12)15(16,17)18;/h9-10H,4-8H2,1-3H3,(H2,19,20,21);1H. The molecule has 0 fully saturated rings. The van der Waals surface area contributed by atoms with Gasteiger partial charge < -0.3 is 15.4 Å². The number of thiazole rings is 1. The summed E-state index contributed by atoms with van der Waals surface area (Å²) in [4.78, 5) is 19.3. The molecule has 0 spiro atoms. The van der Waals surface area contributed by atoms with Crippen LogP contribution in [0, 0.1) is 0 Å². The lowest BCUT2D eigenvalue weighted by atomic mass is 10.4. The molecule has 0 bridgehead atoms. The Morgan fingerprint density at radius 1 is 1.38 bits per heavy atom. The molecule has 0 aromatic carbocycles. The molecule has 0 aliphatic rings. The van der Waals surface area contributed by atoms with E-state index >= 15 is 0 Å². The van der Waals surface area contributed by atoms with Crippen LogP contribution >= 0.6 is 35.3 Å². The molecule has 1 aromatic rings. The van der Waals surface area contributed by atoms with Crippen LogP contribution in [-0.2, 0) is 22.1 Å². The van der Waals surface area contributed by atoms with Crippen molar-refractivity contribution in [1.29, 1.82) is 0 Å². The van der Waals surface area contributed by atoms with E-state index in [-0.39, 0.29) is 49.0 Å². The van der Waals surface area contributed by atoms with Crippen molar-refractivity contribution < 1.29 is 22.7 Å². The first-order valence-corrected chi connectivity index (χ1v) is 8.83. The van der Waals surface area contributed by atoms with Crippen molar-refractivity contribution in [3.8, 4) is 0 Å². The smallest absolute Gasteiger partial charge is 0.434 e. The van der Waals surface area contributed by atoms with Crippen LogP contribution in [0.4, 0.5) is 13.2 Å². The number of hydrogen-bond donors (Lipinski definition) is 2. The molecule has 0 radical (unpaired) electrons. The van der Waals surface area contributed by atoms with Gasteiger partial charge in [0.25, 0.3) is 0 Å². The monoisotopic (exact) mass is 508 g/mol. The number of carbonyl (C=O) groups is 1. The third kappa shape index (κ3) is 10.1. The van der Waals surface area contributed by atoms with Gasteiger partial charge in [0.05, 0.1) is 17.5 Å². The number of rotatable bonds is 8. The predicted octanol–water partition coefficient (Wildman–Crippen LogP) is 3.22. The van der Waals surface area contributed by atoms with Gasteiger partial charge in [0.15, 0.2) is 11.7 Å². The van der Waals surface area contributed by atoms with Crippen LogP contribution < -0.4 is 10.6 Å². The average Bonchev–Trinajstić information content (AvgIpc) is 2.95. The van der Waals surface area contributed by atoms with E-state index in [4.69, 9.17) is 4.74 Å². The summed E-state index contributed by atoms with van der Waals surface area (Å²) in [5.41, 5.74) is -0.870. The van der Waals surface area contributed by atoms with Crippen molar-refractivity contribution in [2.24, 2.45) is 4.99 Å². The summed E-state index contributed by atoms with van der Waals surface area (Å²) in [5.74, 6) is 0.188. The maximum atomic E-state index is 12.5. The summed E-state index contributed by atoms with van der Waals surface area (Å²) in [6, 6.07) is 0. The first kappa shape index (κ1) is 24.9. The van der Waals surface area contributed by atoms with Gasteiger partial charge in [-0.25, -0.2) is 4.98 Å². The molecule has 0 atom stereocenters. The number of ether oxygens (including phenoxy) is 1. The highest BCUT2D eigenvalue weighted by Crippen LogP contribution is 2.30. The normalized spacial score (nSPS) is 11.9. The maximum absolute atomic E-state index is 12.5. The minimum atomic E-state index is -4.42. The number of nitrogens with zero attached hydrogens (tertiary/aromatic N) is 2. The van der Waals surface area contributed by atoms with Crippen molar-refractivity contribution in [1.82, 2.24) is 15.6 Å². The van der Waals surface area contributed by atoms with Gasteiger partial charge in [-0.15, -0.1) is 35.3 Å². The number of nitrogens with one attached hydrogen (secondary N) is 2. The Balaban J connectivity index is 0.00000625. The fourth-order valence-electron chi connectivity index (χ4n) is 1.77. The SMILES string of the molecule is CCNC(=NCCc1nc(C(F)(F)F)cs1)NCCC(=O)OC(C)C.I. The van der Waals surface area contributed by atoms with Crippen LogP contribution in [0.2, 0.25) is 0 Å². The third-order valence-electron chi connectivity index (χ3n) is 2.77. The van der Waals surface area contributed by atoms with Crippen LogP contribution in [0.15, 0.2) is 10.4 Å². The largest absolute Gasteiger partial charge is 0.463 e. The van der Waals surface area contributed by atoms with E-state index in [1.807, 2.05) is 6.92 Å². The summed E-state index contributed by atoms with van der Waals surface area (Å²) < 4.78 is 42.5. The Morgan fingerprint density at radius 3 is 2.62 bits per heavy atom. The quantitative estimate of drug-likeness (QED) is 0.244. The Labute approximate surface area is 172 Å². The lowest BCUT2D eigenvalue weighted by molar-refractivity contribution is -0.147. The van der Waals surface area contributed by atoms with Gasteiger partial charge in [-0.05, 0) is 20.8 Å². The molecule has 150 valence electrons. The van der Waals surface area contributed by atoms with Gasteiger partial charge >= 0.3 is 12.1 Å². The number of halogens is 4. The van der Waals surface area contributed by atoms with Crippen molar-refractivity contribution >= 4 is 47.2 Å². The zero-order valence-electron chi connectivity index (χ0n) is 14.9. The molecular weight excluding hydrogens is 484 g/mol. The third-order valence-corrected chi connectivity index (χ3v) is 3.68. The minimum Gasteiger partial charge on any atom is -0.463 e. The molecule has 2 N–H and O–H groups in total. The molecule has 0 saturated carbocycles. The number of aliphatic imine (C=N–C) groups is 1. The van der Waals surface area contributed by atoms with Crippen LogP contribution in [0.1, 0.15) is 37.9 Å². The van der Waals surface area contributed by atoms with Crippen LogP contribution in [-0.4, -0.2) is 42.7 Å². The van der Waals surface area contributed by atoms with Crippen molar-refractivity contribution in [2.45, 2.75) is 45.9 Å². The van der Waals surface area contributed by atoms with Gasteiger partial charge in [0.2, 0.25) is 0 Å². The summed E-state index contributed by atoms with van der Waals surface area (Å²) in [6.07, 6.45) is -4.06. The van der Waals surface area contributed by atoms with Crippen molar-refractivity contribution in [3.05, 3.63) is 16.1 Å². The average molecular weight is 508 g/mol.